The number of hydrogen-bond acceptors (Lipinski definition) is 4. The third kappa shape index (κ3) is 5.22. The van der Waals surface area contributed by atoms with Gasteiger partial charge in [-0.1, -0.05) is 6.92 Å². The summed E-state index contributed by atoms with van der Waals surface area (Å²) in [5, 5.41) is 3.30. The Balaban J connectivity index is 2.64. The third-order valence-corrected chi connectivity index (χ3v) is 2.44. The van der Waals surface area contributed by atoms with Crippen LogP contribution in [0.1, 0.15) is 33.6 Å². The number of halogens is 1. The largest absolute Gasteiger partial charge is 0.477 e. The number of alkyl halides is 1. The van der Waals surface area contributed by atoms with Crippen LogP contribution in [0, 0.1) is 0 Å². The van der Waals surface area contributed by atoms with Crippen LogP contribution < -0.4 is 10.1 Å². The first kappa shape index (κ1) is 14.0. The first-order chi connectivity index (χ1) is 8.07. The molecule has 4 nitrogen and oxygen atoms in total. The Morgan fingerprint density at radius 3 is 2.82 bits per heavy atom. The van der Waals surface area contributed by atoms with Gasteiger partial charge in [0.2, 0.25) is 5.88 Å². The molecule has 0 aliphatic heterocycles. The van der Waals surface area contributed by atoms with Crippen LogP contribution >= 0.6 is 11.6 Å². The fraction of sp³-hybridized carbons (Fsp3) is 0.667. The van der Waals surface area contributed by atoms with E-state index in [1.807, 2.05) is 0 Å². The van der Waals surface area contributed by atoms with Crippen molar-refractivity contribution in [2.24, 2.45) is 0 Å². The molecule has 0 spiro atoms. The lowest BCUT2D eigenvalue weighted by Crippen LogP contribution is -2.31. The summed E-state index contributed by atoms with van der Waals surface area (Å²) in [6.07, 6.45) is 5.12. The van der Waals surface area contributed by atoms with Crippen molar-refractivity contribution in [1.29, 1.82) is 0 Å². The van der Waals surface area contributed by atoms with Gasteiger partial charge in [0.25, 0.3) is 0 Å². The van der Waals surface area contributed by atoms with E-state index >= 15 is 0 Å². The highest BCUT2D eigenvalue weighted by Gasteiger charge is 2.17. The molecule has 1 N–H and O–H groups in total. The molecule has 0 radical (unpaired) electrons. The average molecular weight is 258 g/mol. The lowest BCUT2D eigenvalue weighted by atomic mass is 10.0. The van der Waals surface area contributed by atoms with Crippen LogP contribution in [0.2, 0.25) is 0 Å². The second-order valence-corrected chi connectivity index (χ2v) is 4.92. The van der Waals surface area contributed by atoms with Crippen LogP contribution in [-0.4, -0.2) is 28.0 Å². The molecule has 96 valence electrons. The van der Waals surface area contributed by atoms with Crippen molar-refractivity contribution in [2.45, 2.75) is 39.2 Å². The Bertz CT molecular complexity index is 344. The second-order valence-electron chi connectivity index (χ2n) is 4.54. The van der Waals surface area contributed by atoms with Crippen LogP contribution in [0.25, 0.3) is 0 Å². The average Bonchev–Trinajstić information content (AvgIpc) is 2.26. The minimum absolute atomic E-state index is 0.0974. The number of ether oxygens (including phenoxy) is 1. The predicted molar refractivity (Wildman–Crippen MR) is 70.9 cm³/mol. The molecule has 0 aliphatic rings. The van der Waals surface area contributed by atoms with Crippen molar-refractivity contribution in [1.82, 2.24) is 9.97 Å². The molecule has 0 aliphatic carbocycles. The van der Waals surface area contributed by atoms with Crippen molar-refractivity contribution in [3.63, 3.8) is 0 Å². The Morgan fingerprint density at radius 2 is 2.18 bits per heavy atom. The number of aromatic nitrogens is 2. The van der Waals surface area contributed by atoms with Gasteiger partial charge in [0.05, 0.1) is 19.0 Å². The highest BCUT2D eigenvalue weighted by atomic mass is 35.5. The normalized spacial score (nSPS) is 11.3. The van der Waals surface area contributed by atoms with Crippen molar-refractivity contribution < 1.29 is 4.74 Å². The van der Waals surface area contributed by atoms with E-state index in [0.717, 1.165) is 12.8 Å². The highest BCUT2D eigenvalue weighted by molar-refractivity contribution is 6.17. The Morgan fingerprint density at radius 1 is 1.41 bits per heavy atom. The Kier molecular flexibility index (Phi) is 5.48. The van der Waals surface area contributed by atoms with Gasteiger partial charge in [-0.15, -0.1) is 11.6 Å². The van der Waals surface area contributed by atoms with Gasteiger partial charge in [0.1, 0.15) is 5.82 Å². The van der Waals surface area contributed by atoms with Gasteiger partial charge < -0.3 is 10.1 Å². The van der Waals surface area contributed by atoms with Gasteiger partial charge in [-0.2, -0.15) is 4.98 Å². The van der Waals surface area contributed by atoms with Gasteiger partial charge in [-0.3, -0.25) is 4.98 Å². The molecule has 0 bridgehead atoms. The minimum atomic E-state index is -0.0974. The summed E-state index contributed by atoms with van der Waals surface area (Å²) in [7, 11) is 0. The van der Waals surface area contributed by atoms with Crippen LogP contribution in [0.15, 0.2) is 12.4 Å². The van der Waals surface area contributed by atoms with Crippen LogP contribution in [0.4, 0.5) is 5.82 Å². The molecule has 0 saturated heterocycles. The summed E-state index contributed by atoms with van der Waals surface area (Å²) in [5.74, 6) is 1.88. The summed E-state index contributed by atoms with van der Waals surface area (Å²) in [6, 6.07) is 0. The molecule has 0 saturated carbocycles. The van der Waals surface area contributed by atoms with E-state index in [-0.39, 0.29) is 5.54 Å². The fourth-order valence-corrected chi connectivity index (χ4v) is 1.80. The molecule has 0 fully saturated rings. The zero-order valence-electron chi connectivity index (χ0n) is 10.7. The van der Waals surface area contributed by atoms with Crippen LogP contribution in [0.5, 0.6) is 5.88 Å². The lowest BCUT2D eigenvalue weighted by Gasteiger charge is -2.25. The summed E-state index contributed by atoms with van der Waals surface area (Å²) in [6.45, 7) is 6.87. The SMILES string of the molecule is CCCOc1cncc(NC(C)(C)CCCl)n1. The lowest BCUT2D eigenvalue weighted by molar-refractivity contribution is 0.304. The molecule has 5 heteroatoms. The molecule has 0 unspecified atom stereocenters. The van der Waals surface area contributed by atoms with Gasteiger partial charge in [0, 0.05) is 11.4 Å². The highest BCUT2D eigenvalue weighted by Crippen LogP contribution is 2.18. The van der Waals surface area contributed by atoms with Gasteiger partial charge in [0.15, 0.2) is 0 Å². The number of nitrogens with one attached hydrogen (secondary N) is 1. The zero-order chi connectivity index (χ0) is 12.7. The maximum atomic E-state index is 5.75. The Hall–Kier alpha value is -1.03. The fourth-order valence-electron chi connectivity index (χ4n) is 1.33. The molecule has 0 atom stereocenters. The summed E-state index contributed by atoms with van der Waals surface area (Å²) in [5.41, 5.74) is -0.0974. The smallest absolute Gasteiger partial charge is 0.234 e. The van der Waals surface area contributed by atoms with E-state index in [4.69, 9.17) is 16.3 Å². The maximum Gasteiger partial charge on any atom is 0.234 e. The van der Waals surface area contributed by atoms with Gasteiger partial charge >= 0.3 is 0 Å². The first-order valence-corrected chi connectivity index (χ1v) is 6.40. The topological polar surface area (TPSA) is 47.0 Å². The summed E-state index contributed by atoms with van der Waals surface area (Å²) >= 11 is 5.75. The van der Waals surface area contributed by atoms with Crippen LogP contribution in [0.3, 0.4) is 0 Å². The summed E-state index contributed by atoms with van der Waals surface area (Å²) in [4.78, 5) is 8.44. The Labute approximate surface area is 108 Å². The molecular weight excluding hydrogens is 238 g/mol. The quantitative estimate of drug-likeness (QED) is 0.763. The molecular formula is C12H20ClN3O. The molecule has 0 aromatic carbocycles. The van der Waals surface area contributed by atoms with E-state index in [2.05, 4.69) is 36.1 Å². The predicted octanol–water partition coefficient (Wildman–Crippen LogP) is 3.08. The molecule has 1 rings (SSSR count). The van der Waals surface area contributed by atoms with Crippen molar-refractivity contribution in [3.8, 4) is 5.88 Å². The van der Waals surface area contributed by atoms with Crippen molar-refractivity contribution >= 4 is 17.4 Å². The first-order valence-electron chi connectivity index (χ1n) is 5.86. The van der Waals surface area contributed by atoms with Crippen LogP contribution in [-0.2, 0) is 0 Å². The minimum Gasteiger partial charge on any atom is -0.477 e. The van der Waals surface area contributed by atoms with Crippen molar-refractivity contribution in [3.05, 3.63) is 12.4 Å². The molecule has 17 heavy (non-hydrogen) atoms. The van der Waals surface area contributed by atoms with E-state index in [9.17, 15) is 0 Å². The monoisotopic (exact) mass is 257 g/mol. The molecule has 1 aromatic heterocycles. The zero-order valence-corrected chi connectivity index (χ0v) is 11.4. The second kappa shape index (κ2) is 6.64. The van der Waals surface area contributed by atoms with E-state index in [0.29, 0.717) is 24.2 Å². The van der Waals surface area contributed by atoms with Gasteiger partial charge in [-0.05, 0) is 26.7 Å². The summed E-state index contributed by atoms with van der Waals surface area (Å²) < 4.78 is 5.43. The van der Waals surface area contributed by atoms with E-state index in [1.165, 1.54) is 0 Å². The number of nitrogens with zero attached hydrogens (tertiary/aromatic N) is 2. The van der Waals surface area contributed by atoms with E-state index < -0.39 is 0 Å². The van der Waals surface area contributed by atoms with E-state index in [1.54, 1.807) is 12.4 Å². The molecule has 1 aromatic rings. The maximum absolute atomic E-state index is 5.75. The standard InChI is InChI=1S/C12H20ClN3O/c1-4-7-17-11-9-14-8-10(15-11)16-12(2,3)5-6-13/h8-9H,4-7H2,1-3H3,(H,15,16). The van der Waals surface area contributed by atoms with Crippen molar-refractivity contribution in [2.75, 3.05) is 17.8 Å². The number of rotatable bonds is 7. The molecule has 0 amide bonds. The third-order valence-electron chi connectivity index (χ3n) is 2.25. The number of anilines is 1. The number of hydrogen-bond donors (Lipinski definition) is 1. The van der Waals surface area contributed by atoms with Gasteiger partial charge in [-0.25, -0.2) is 0 Å². The molecule has 1 heterocycles.